The maximum Gasteiger partial charge on any atom is 0.344 e. The average Bonchev–Trinajstić information content (AvgIpc) is 2.73. The third-order valence-corrected chi connectivity index (χ3v) is 4.72. The van der Waals surface area contributed by atoms with Gasteiger partial charge in [0.2, 0.25) is 0 Å². The molecule has 0 saturated carbocycles. The zero-order valence-corrected chi connectivity index (χ0v) is 15.4. The Morgan fingerprint density at radius 1 is 1.24 bits per heavy atom. The first kappa shape index (κ1) is 17.3. The van der Waals surface area contributed by atoms with Crippen LogP contribution in [0.1, 0.15) is 18.1 Å². The Hall–Kier alpha value is -2.54. The average molecular weight is 404 g/mol. The number of carbonyl (C=O) groups is 1. The third kappa shape index (κ3) is 3.46. The molecule has 25 heavy (non-hydrogen) atoms. The molecule has 130 valence electrons. The van der Waals surface area contributed by atoms with E-state index in [4.69, 9.17) is 0 Å². The fraction of sp³-hybridized carbons (Fsp3) is 0.222. The summed E-state index contributed by atoms with van der Waals surface area (Å²) >= 11 is 3.38. The van der Waals surface area contributed by atoms with Gasteiger partial charge in [0.05, 0.1) is 12.3 Å². The number of amides is 2. The molecule has 0 saturated heterocycles. The Morgan fingerprint density at radius 2 is 1.88 bits per heavy atom. The van der Waals surface area contributed by atoms with Crippen molar-refractivity contribution in [2.45, 2.75) is 19.4 Å². The fourth-order valence-corrected chi connectivity index (χ4v) is 3.01. The Labute approximate surface area is 154 Å². The Balaban J connectivity index is 1.86. The van der Waals surface area contributed by atoms with Crippen molar-refractivity contribution in [1.82, 2.24) is 5.01 Å². The number of phenolic OH excluding ortho intramolecular Hbond substituents is 2. The fourth-order valence-electron chi connectivity index (χ4n) is 2.74. The number of hydrazone groups is 1. The van der Waals surface area contributed by atoms with E-state index >= 15 is 0 Å². The Bertz CT molecular complexity index is 836. The van der Waals surface area contributed by atoms with Crippen LogP contribution in [0.2, 0.25) is 0 Å². The van der Waals surface area contributed by atoms with E-state index < -0.39 is 0 Å². The van der Waals surface area contributed by atoms with E-state index in [1.807, 2.05) is 31.2 Å². The molecular formula is C18H18BrN3O3. The van der Waals surface area contributed by atoms with Gasteiger partial charge >= 0.3 is 6.03 Å². The molecule has 0 bridgehead atoms. The van der Waals surface area contributed by atoms with Gasteiger partial charge in [0.1, 0.15) is 0 Å². The molecule has 1 aliphatic heterocycles. The number of hydrogen-bond donors (Lipinski definition) is 2. The van der Waals surface area contributed by atoms with Crippen LogP contribution in [-0.4, -0.2) is 40.6 Å². The lowest BCUT2D eigenvalue weighted by Crippen LogP contribution is -2.43. The third-order valence-electron chi connectivity index (χ3n) is 4.19. The van der Waals surface area contributed by atoms with E-state index in [0.29, 0.717) is 12.0 Å². The molecule has 2 aromatic rings. The highest BCUT2D eigenvalue weighted by molar-refractivity contribution is 9.10. The second kappa shape index (κ2) is 6.76. The number of carbonyl (C=O) groups excluding carboxylic acids is 1. The molecule has 2 aromatic carbocycles. The summed E-state index contributed by atoms with van der Waals surface area (Å²) in [5.41, 5.74) is 2.27. The molecular weight excluding hydrogens is 386 g/mol. The van der Waals surface area contributed by atoms with Gasteiger partial charge < -0.3 is 10.2 Å². The van der Waals surface area contributed by atoms with Crippen molar-refractivity contribution in [3.05, 3.63) is 52.0 Å². The van der Waals surface area contributed by atoms with Crippen molar-refractivity contribution in [1.29, 1.82) is 0 Å². The highest BCUT2D eigenvalue weighted by atomic mass is 79.9. The number of halogens is 1. The highest BCUT2D eigenvalue weighted by Crippen LogP contribution is 2.30. The molecule has 0 spiro atoms. The predicted octanol–water partition coefficient (Wildman–Crippen LogP) is 3.70. The van der Waals surface area contributed by atoms with Gasteiger partial charge in [-0.25, -0.2) is 9.80 Å². The monoisotopic (exact) mass is 403 g/mol. The lowest BCUT2D eigenvalue weighted by Gasteiger charge is -2.28. The van der Waals surface area contributed by atoms with Crippen molar-refractivity contribution in [3.8, 4) is 11.5 Å². The minimum Gasteiger partial charge on any atom is -0.504 e. The Kier molecular flexibility index (Phi) is 4.67. The molecule has 6 nitrogen and oxygen atoms in total. The van der Waals surface area contributed by atoms with Crippen molar-refractivity contribution >= 4 is 33.9 Å². The van der Waals surface area contributed by atoms with E-state index in [1.54, 1.807) is 7.05 Å². The molecule has 0 radical (unpaired) electrons. The van der Waals surface area contributed by atoms with Gasteiger partial charge in [-0.05, 0) is 55.3 Å². The number of rotatable bonds is 1. The number of fused-ring (bicyclic) bond motifs is 1. The first-order valence-electron chi connectivity index (χ1n) is 7.78. The maximum atomic E-state index is 12.9. The quantitative estimate of drug-likeness (QED) is 0.712. The van der Waals surface area contributed by atoms with Gasteiger partial charge in [-0.3, -0.25) is 4.90 Å². The van der Waals surface area contributed by atoms with Crippen LogP contribution in [-0.2, 0) is 6.42 Å². The topological polar surface area (TPSA) is 76.4 Å². The van der Waals surface area contributed by atoms with Crippen LogP contribution in [0, 0.1) is 0 Å². The molecule has 2 amide bonds. The van der Waals surface area contributed by atoms with Gasteiger partial charge in [0.25, 0.3) is 0 Å². The van der Waals surface area contributed by atoms with Crippen LogP contribution in [0.4, 0.5) is 10.5 Å². The Morgan fingerprint density at radius 3 is 2.56 bits per heavy atom. The summed E-state index contributed by atoms with van der Waals surface area (Å²) in [4.78, 5) is 14.4. The summed E-state index contributed by atoms with van der Waals surface area (Å²) in [6.07, 6.45) is 2.05. The summed E-state index contributed by atoms with van der Waals surface area (Å²) in [6, 6.07) is 9.94. The highest BCUT2D eigenvalue weighted by Gasteiger charge is 2.27. The van der Waals surface area contributed by atoms with Crippen molar-refractivity contribution in [2.75, 3.05) is 11.9 Å². The second-order valence-corrected chi connectivity index (χ2v) is 6.92. The summed E-state index contributed by atoms with van der Waals surface area (Å²) in [5.74, 6) is -0.379. The van der Waals surface area contributed by atoms with Crippen LogP contribution in [0.25, 0.3) is 0 Å². The largest absolute Gasteiger partial charge is 0.504 e. The number of hydrogen-bond acceptors (Lipinski definition) is 4. The molecule has 1 atom stereocenters. The van der Waals surface area contributed by atoms with E-state index in [0.717, 1.165) is 15.7 Å². The van der Waals surface area contributed by atoms with E-state index in [9.17, 15) is 15.0 Å². The molecule has 1 heterocycles. The van der Waals surface area contributed by atoms with Crippen molar-refractivity contribution in [2.24, 2.45) is 5.10 Å². The standard InChI is InChI=1S/C18H18BrN3O3/c1-11-7-12-8-16(23)17(24)9-13(12)10-20-22(11)18(25)21(2)15-5-3-14(19)4-6-15/h3-6,8-11,23-24H,7H2,1-2H3. The first-order chi connectivity index (χ1) is 11.9. The summed E-state index contributed by atoms with van der Waals surface area (Å²) in [7, 11) is 1.70. The van der Waals surface area contributed by atoms with Crippen LogP contribution in [0.3, 0.4) is 0 Å². The molecule has 0 fully saturated rings. The number of urea groups is 1. The van der Waals surface area contributed by atoms with Gasteiger partial charge in [0.15, 0.2) is 11.5 Å². The normalized spacial score (nSPS) is 16.3. The number of anilines is 1. The molecule has 0 aromatic heterocycles. The summed E-state index contributed by atoms with van der Waals surface area (Å²) < 4.78 is 0.938. The van der Waals surface area contributed by atoms with E-state index in [-0.39, 0.29) is 23.6 Å². The molecule has 0 aliphatic carbocycles. The smallest absolute Gasteiger partial charge is 0.344 e. The van der Waals surface area contributed by atoms with Crippen molar-refractivity contribution in [3.63, 3.8) is 0 Å². The van der Waals surface area contributed by atoms with Crippen LogP contribution >= 0.6 is 15.9 Å². The summed E-state index contributed by atoms with van der Waals surface area (Å²) in [6.45, 7) is 1.89. The maximum absolute atomic E-state index is 12.9. The number of aromatic hydroxyl groups is 2. The lowest BCUT2D eigenvalue weighted by molar-refractivity contribution is 0.190. The van der Waals surface area contributed by atoms with Gasteiger partial charge in [-0.15, -0.1) is 0 Å². The van der Waals surface area contributed by atoms with Crippen LogP contribution in [0.5, 0.6) is 11.5 Å². The predicted molar refractivity (Wildman–Crippen MR) is 100 cm³/mol. The molecule has 3 rings (SSSR count). The SMILES string of the molecule is CC1Cc2cc(O)c(O)cc2C=NN1C(=O)N(C)c1ccc(Br)cc1. The molecule has 1 aliphatic rings. The number of benzene rings is 2. The zero-order valence-electron chi connectivity index (χ0n) is 13.8. The van der Waals surface area contributed by atoms with E-state index in [1.165, 1.54) is 28.3 Å². The van der Waals surface area contributed by atoms with Crippen LogP contribution in [0.15, 0.2) is 46.0 Å². The number of phenols is 2. The number of nitrogens with zero attached hydrogens (tertiary/aromatic N) is 3. The van der Waals surface area contributed by atoms with Gasteiger partial charge in [-0.1, -0.05) is 15.9 Å². The van der Waals surface area contributed by atoms with Crippen molar-refractivity contribution < 1.29 is 15.0 Å². The minimum absolute atomic E-state index is 0.175. The molecule has 2 N–H and O–H groups in total. The first-order valence-corrected chi connectivity index (χ1v) is 8.57. The molecule has 7 heteroatoms. The lowest BCUT2D eigenvalue weighted by atomic mass is 10.0. The minimum atomic E-state index is -0.257. The van der Waals surface area contributed by atoms with Crippen LogP contribution < -0.4 is 4.90 Å². The summed E-state index contributed by atoms with van der Waals surface area (Å²) in [5, 5.41) is 25.1. The zero-order chi connectivity index (χ0) is 18.1. The van der Waals surface area contributed by atoms with E-state index in [2.05, 4.69) is 21.0 Å². The molecule has 1 unspecified atom stereocenters. The van der Waals surface area contributed by atoms with Gasteiger partial charge in [0, 0.05) is 22.8 Å². The second-order valence-electron chi connectivity index (χ2n) is 6.00. The van der Waals surface area contributed by atoms with Gasteiger partial charge in [-0.2, -0.15) is 5.10 Å².